The number of thiol groups is 1. The summed E-state index contributed by atoms with van der Waals surface area (Å²) < 4.78 is 0. The maximum Gasteiger partial charge on any atom is 0.324 e. The first kappa shape index (κ1) is 13.2. The molecule has 0 amide bonds. The molecule has 0 aromatic carbocycles. The molecule has 0 saturated heterocycles. The molecule has 0 saturated carbocycles. The summed E-state index contributed by atoms with van der Waals surface area (Å²) in [6, 6.07) is 0. The van der Waals surface area contributed by atoms with Gasteiger partial charge in [-0.25, -0.2) is 0 Å². The van der Waals surface area contributed by atoms with Gasteiger partial charge in [-0.05, 0) is 13.8 Å². The lowest BCUT2D eigenvalue weighted by Gasteiger charge is -2.23. The fourth-order valence-electron chi connectivity index (χ4n) is 0.763. The van der Waals surface area contributed by atoms with Gasteiger partial charge in [-0.15, -0.1) is 0 Å². The highest BCUT2D eigenvalue weighted by molar-refractivity contribution is 7.80. The fraction of sp³-hybridized carbons (Fsp3) is 0.750. The molecule has 0 bridgehead atoms. The summed E-state index contributed by atoms with van der Waals surface area (Å²) in [5.41, 5.74) is 4.33. The Morgan fingerprint density at radius 1 is 1.71 bits per heavy atom. The van der Waals surface area contributed by atoms with Crippen LogP contribution in [0.25, 0.3) is 0 Å². The van der Waals surface area contributed by atoms with Crippen molar-refractivity contribution in [2.24, 2.45) is 10.7 Å². The van der Waals surface area contributed by atoms with Gasteiger partial charge in [0.25, 0.3) is 0 Å². The molecule has 0 rings (SSSR count). The summed E-state index contributed by atoms with van der Waals surface area (Å²) in [5, 5.41) is 11.7. The van der Waals surface area contributed by atoms with Gasteiger partial charge in [0.15, 0.2) is 0 Å². The second-order valence-corrected chi connectivity index (χ2v) is 3.56. The monoisotopic (exact) mass is 219 g/mol. The summed E-state index contributed by atoms with van der Waals surface area (Å²) in [7, 11) is 0. The molecule has 14 heavy (non-hydrogen) atoms. The molecule has 0 aromatic rings. The van der Waals surface area contributed by atoms with E-state index in [0.29, 0.717) is 18.9 Å². The molecule has 0 aliphatic carbocycles. The smallest absolute Gasteiger partial charge is 0.324 e. The highest BCUT2D eigenvalue weighted by Gasteiger charge is 2.30. The summed E-state index contributed by atoms with van der Waals surface area (Å²) >= 11 is 3.98. The van der Waals surface area contributed by atoms with Crippen molar-refractivity contribution in [2.45, 2.75) is 19.4 Å². The maximum absolute atomic E-state index is 10.8. The van der Waals surface area contributed by atoms with E-state index in [1.807, 2.05) is 0 Å². The van der Waals surface area contributed by atoms with Crippen LogP contribution in [0.4, 0.5) is 0 Å². The van der Waals surface area contributed by atoms with E-state index >= 15 is 0 Å². The first-order valence-electron chi connectivity index (χ1n) is 4.28. The van der Waals surface area contributed by atoms with Crippen LogP contribution < -0.4 is 11.1 Å². The quantitative estimate of drug-likeness (QED) is 0.214. The number of aliphatic imine (C=N–C) groups is 1. The SMILES string of the molecule is CC(N)=NCCN[C@](C)(CS)C(=O)O. The molecule has 0 aromatic heterocycles. The molecule has 1 atom stereocenters. The Kier molecular flexibility index (Phi) is 5.56. The van der Waals surface area contributed by atoms with Crippen LogP contribution in [-0.2, 0) is 4.79 Å². The molecule has 4 N–H and O–H groups in total. The lowest BCUT2D eigenvalue weighted by Crippen LogP contribution is -2.52. The zero-order valence-corrected chi connectivity index (χ0v) is 9.34. The first-order valence-corrected chi connectivity index (χ1v) is 4.91. The summed E-state index contributed by atoms with van der Waals surface area (Å²) in [5.74, 6) is -0.191. The molecule has 0 aliphatic rings. The number of rotatable bonds is 6. The van der Waals surface area contributed by atoms with Gasteiger partial charge in [0, 0.05) is 12.3 Å². The van der Waals surface area contributed by atoms with Crippen LogP contribution in [0, 0.1) is 0 Å². The summed E-state index contributed by atoms with van der Waals surface area (Å²) in [6.07, 6.45) is 0. The normalized spacial score (nSPS) is 16.4. The molecule has 0 fully saturated rings. The Balaban J connectivity index is 3.97. The summed E-state index contributed by atoms with van der Waals surface area (Å²) in [6.45, 7) is 4.22. The van der Waals surface area contributed by atoms with Crippen LogP contribution in [0.15, 0.2) is 4.99 Å². The van der Waals surface area contributed by atoms with Crippen molar-refractivity contribution in [2.75, 3.05) is 18.8 Å². The number of hydrogen-bond donors (Lipinski definition) is 4. The van der Waals surface area contributed by atoms with Gasteiger partial charge >= 0.3 is 5.97 Å². The second-order valence-electron chi connectivity index (χ2n) is 3.25. The predicted octanol–water partition coefficient (Wildman–Crippen LogP) is -0.274. The number of carboxylic acid groups (broad SMARTS) is 1. The Bertz CT molecular complexity index is 229. The maximum atomic E-state index is 10.8. The van der Waals surface area contributed by atoms with Crippen molar-refractivity contribution in [3.63, 3.8) is 0 Å². The Morgan fingerprint density at radius 2 is 2.29 bits per heavy atom. The number of nitrogens with zero attached hydrogens (tertiary/aromatic N) is 1. The average molecular weight is 219 g/mol. The largest absolute Gasteiger partial charge is 0.480 e. The second kappa shape index (κ2) is 5.87. The van der Waals surface area contributed by atoms with Crippen molar-refractivity contribution in [1.29, 1.82) is 0 Å². The molecule has 0 aliphatic heterocycles. The van der Waals surface area contributed by atoms with Gasteiger partial charge in [0.1, 0.15) is 5.54 Å². The molecule has 6 heteroatoms. The van der Waals surface area contributed by atoms with Crippen molar-refractivity contribution >= 4 is 24.4 Å². The average Bonchev–Trinajstić information content (AvgIpc) is 2.11. The highest BCUT2D eigenvalue weighted by atomic mass is 32.1. The van der Waals surface area contributed by atoms with Crippen LogP contribution in [0.5, 0.6) is 0 Å². The van der Waals surface area contributed by atoms with E-state index in [1.54, 1.807) is 13.8 Å². The van der Waals surface area contributed by atoms with Gasteiger partial charge in [0.05, 0.1) is 12.4 Å². The molecule has 0 heterocycles. The molecule has 82 valence electrons. The van der Waals surface area contributed by atoms with Gasteiger partial charge in [-0.1, -0.05) is 0 Å². The molecular weight excluding hydrogens is 202 g/mol. The number of nitrogens with two attached hydrogens (primary N) is 1. The zero-order chi connectivity index (χ0) is 11.2. The van der Waals surface area contributed by atoms with E-state index in [9.17, 15) is 4.79 Å². The number of nitrogens with one attached hydrogen (secondary N) is 1. The van der Waals surface area contributed by atoms with Gasteiger partial charge in [-0.2, -0.15) is 12.6 Å². The minimum absolute atomic E-state index is 0.230. The third kappa shape index (κ3) is 4.48. The van der Waals surface area contributed by atoms with E-state index in [0.717, 1.165) is 0 Å². The Morgan fingerprint density at radius 3 is 2.64 bits per heavy atom. The van der Waals surface area contributed by atoms with Crippen LogP contribution in [-0.4, -0.2) is 41.3 Å². The topological polar surface area (TPSA) is 87.7 Å². The third-order valence-corrected chi connectivity index (χ3v) is 2.41. The highest BCUT2D eigenvalue weighted by Crippen LogP contribution is 2.05. The fourth-order valence-corrected chi connectivity index (χ4v) is 1.01. The summed E-state index contributed by atoms with van der Waals surface area (Å²) in [4.78, 5) is 14.7. The number of amidine groups is 1. The Hall–Kier alpha value is -0.750. The number of carboxylic acids is 1. The third-order valence-electron chi connectivity index (χ3n) is 1.78. The molecule has 0 unspecified atom stereocenters. The molecule has 0 radical (unpaired) electrons. The van der Waals surface area contributed by atoms with E-state index in [-0.39, 0.29) is 5.75 Å². The lowest BCUT2D eigenvalue weighted by molar-refractivity contribution is -0.143. The van der Waals surface area contributed by atoms with E-state index in [2.05, 4.69) is 22.9 Å². The van der Waals surface area contributed by atoms with Crippen LogP contribution in [0.1, 0.15) is 13.8 Å². The van der Waals surface area contributed by atoms with Crippen LogP contribution in [0.2, 0.25) is 0 Å². The van der Waals surface area contributed by atoms with Crippen molar-refractivity contribution in [1.82, 2.24) is 5.32 Å². The standard InChI is InChI=1S/C8H17N3O2S/c1-6(9)10-3-4-11-8(2,5-14)7(12)13/h11,14H,3-5H2,1-2H3,(H2,9,10)(H,12,13)/t8-/m1/s1. The number of aliphatic carboxylic acids is 1. The van der Waals surface area contributed by atoms with Crippen LogP contribution in [0.3, 0.4) is 0 Å². The van der Waals surface area contributed by atoms with Gasteiger partial charge in [-0.3, -0.25) is 15.1 Å². The minimum Gasteiger partial charge on any atom is -0.480 e. The van der Waals surface area contributed by atoms with Crippen molar-refractivity contribution in [3.8, 4) is 0 Å². The lowest BCUT2D eigenvalue weighted by atomic mass is 10.1. The Labute approximate surface area is 89.2 Å². The van der Waals surface area contributed by atoms with E-state index < -0.39 is 11.5 Å². The number of hydrogen-bond acceptors (Lipinski definition) is 4. The zero-order valence-electron chi connectivity index (χ0n) is 8.45. The van der Waals surface area contributed by atoms with Crippen molar-refractivity contribution in [3.05, 3.63) is 0 Å². The van der Waals surface area contributed by atoms with Gasteiger partial charge < -0.3 is 10.8 Å². The van der Waals surface area contributed by atoms with Crippen LogP contribution >= 0.6 is 12.6 Å². The van der Waals surface area contributed by atoms with Crippen molar-refractivity contribution < 1.29 is 9.90 Å². The minimum atomic E-state index is -0.999. The number of carbonyl (C=O) groups is 1. The molecule has 5 nitrogen and oxygen atoms in total. The van der Waals surface area contributed by atoms with E-state index in [1.165, 1.54) is 0 Å². The molecular formula is C8H17N3O2S. The van der Waals surface area contributed by atoms with Gasteiger partial charge in [0.2, 0.25) is 0 Å². The molecule has 0 spiro atoms. The first-order chi connectivity index (χ1) is 6.42. The predicted molar refractivity (Wildman–Crippen MR) is 60.1 cm³/mol. The van der Waals surface area contributed by atoms with E-state index in [4.69, 9.17) is 10.8 Å².